The molecule has 8 heteroatoms. The van der Waals surface area contributed by atoms with Gasteiger partial charge in [0.25, 0.3) is 0 Å². The summed E-state index contributed by atoms with van der Waals surface area (Å²) in [6.07, 6.45) is 0. The molecule has 2 aromatic rings. The SMILES string of the molecule is CC(O)(CNS(=O)(=O)Cc1ccccc1Cl)c1ccc2c(c1)OCO2. The molecule has 6 nitrogen and oxygen atoms in total. The van der Waals surface area contributed by atoms with Gasteiger partial charge in [-0.3, -0.25) is 0 Å². The fraction of sp³-hybridized carbons (Fsp3) is 0.294. The Balaban J connectivity index is 1.70. The van der Waals surface area contributed by atoms with Gasteiger partial charge < -0.3 is 14.6 Å². The molecule has 1 heterocycles. The van der Waals surface area contributed by atoms with Gasteiger partial charge in [0, 0.05) is 11.6 Å². The molecule has 0 amide bonds. The number of benzene rings is 2. The first kappa shape index (κ1) is 18.0. The van der Waals surface area contributed by atoms with Crippen LogP contribution in [0.3, 0.4) is 0 Å². The Kier molecular flexibility index (Phi) is 4.92. The Morgan fingerprint density at radius 2 is 1.92 bits per heavy atom. The molecule has 1 aliphatic rings. The van der Waals surface area contributed by atoms with Crippen LogP contribution in [0.1, 0.15) is 18.1 Å². The molecular weight excluding hydrogens is 366 g/mol. The van der Waals surface area contributed by atoms with E-state index in [-0.39, 0.29) is 19.1 Å². The minimum absolute atomic E-state index is 0.130. The maximum atomic E-state index is 12.3. The quantitative estimate of drug-likeness (QED) is 0.800. The maximum absolute atomic E-state index is 12.3. The van der Waals surface area contributed by atoms with E-state index in [1.54, 1.807) is 42.5 Å². The molecule has 25 heavy (non-hydrogen) atoms. The zero-order valence-electron chi connectivity index (χ0n) is 13.5. The average Bonchev–Trinajstić information content (AvgIpc) is 3.03. The van der Waals surface area contributed by atoms with Crippen LogP contribution in [0.15, 0.2) is 42.5 Å². The Morgan fingerprint density at radius 1 is 1.20 bits per heavy atom. The average molecular weight is 384 g/mol. The van der Waals surface area contributed by atoms with Crippen molar-refractivity contribution in [3.05, 3.63) is 58.6 Å². The van der Waals surface area contributed by atoms with Gasteiger partial charge in [-0.05, 0) is 36.2 Å². The third-order valence-corrected chi connectivity index (χ3v) is 5.58. The van der Waals surface area contributed by atoms with Crippen molar-refractivity contribution in [2.45, 2.75) is 18.3 Å². The molecule has 0 radical (unpaired) electrons. The number of ether oxygens (including phenoxy) is 2. The predicted octanol–water partition coefficient (Wildman–Crippen LogP) is 2.40. The van der Waals surface area contributed by atoms with Gasteiger partial charge in [-0.2, -0.15) is 0 Å². The van der Waals surface area contributed by atoms with Gasteiger partial charge in [-0.1, -0.05) is 35.9 Å². The van der Waals surface area contributed by atoms with Gasteiger partial charge in [0.15, 0.2) is 11.5 Å². The summed E-state index contributed by atoms with van der Waals surface area (Å²) in [5.41, 5.74) is -0.384. The minimum Gasteiger partial charge on any atom is -0.454 e. The second-order valence-corrected chi connectivity index (χ2v) is 8.23. The summed E-state index contributed by atoms with van der Waals surface area (Å²) in [6, 6.07) is 11.7. The lowest BCUT2D eigenvalue weighted by Crippen LogP contribution is -2.39. The second kappa shape index (κ2) is 6.84. The molecular formula is C17H18ClNO5S. The number of fused-ring (bicyclic) bond motifs is 1. The van der Waals surface area contributed by atoms with Gasteiger partial charge in [-0.25, -0.2) is 13.1 Å². The zero-order valence-corrected chi connectivity index (χ0v) is 15.1. The summed E-state index contributed by atoms with van der Waals surface area (Å²) >= 11 is 6.00. The summed E-state index contributed by atoms with van der Waals surface area (Å²) in [7, 11) is -3.66. The topological polar surface area (TPSA) is 84.9 Å². The number of halogens is 1. The fourth-order valence-electron chi connectivity index (χ4n) is 2.46. The molecule has 1 aliphatic heterocycles. The van der Waals surface area contributed by atoms with E-state index in [1.807, 2.05) is 0 Å². The Morgan fingerprint density at radius 3 is 2.68 bits per heavy atom. The van der Waals surface area contributed by atoms with Crippen LogP contribution >= 0.6 is 11.6 Å². The van der Waals surface area contributed by atoms with Gasteiger partial charge in [0.2, 0.25) is 16.8 Å². The molecule has 2 aromatic carbocycles. The molecule has 1 atom stereocenters. The van der Waals surface area contributed by atoms with Crippen LogP contribution in [0, 0.1) is 0 Å². The number of sulfonamides is 1. The smallest absolute Gasteiger partial charge is 0.231 e. The zero-order chi connectivity index (χ0) is 18.1. The van der Waals surface area contributed by atoms with Crippen LogP contribution in [0.4, 0.5) is 0 Å². The summed E-state index contributed by atoms with van der Waals surface area (Å²) < 4.78 is 37.5. The molecule has 0 saturated heterocycles. The van der Waals surface area contributed by atoms with Crippen LogP contribution in [-0.4, -0.2) is 26.9 Å². The molecule has 0 fully saturated rings. The monoisotopic (exact) mass is 383 g/mol. The summed E-state index contributed by atoms with van der Waals surface area (Å²) in [6.45, 7) is 1.48. The van der Waals surface area contributed by atoms with Crippen LogP contribution in [-0.2, 0) is 21.4 Å². The highest BCUT2D eigenvalue weighted by molar-refractivity contribution is 7.88. The first-order valence-corrected chi connectivity index (χ1v) is 9.63. The summed E-state index contributed by atoms with van der Waals surface area (Å²) in [4.78, 5) is 0. The lowest BCUT2D eigenvalue weighted by atomic mass is 9.96. The lowest BCUT2D eigenvalue weighted by Gasteiger charge is -2.24. The van der Waals surface area contributed by atoms with Crippen molar-refractivity contribution in [1.29, 1.82) is 0 Å². The molecule has 2 N–H and O–H groups in total. The van der Waals surface area contributed by atoms with Gasteiger partial charge >= 0.3 is 0 Å². The Bertz CT molecular complexity index is 882. The molecule has 1 unspecified atom stereocenters. The van der Waals surface area contributed by atoms with Gasteiger partial charge in [0.05, 0.1) is 5.75 Å². The van der Waals surface area contributed by atoms with E-state index in [1.165, 1.54) is 6.92 Å². The molecule has 0 bridgehead atoms. The van der Waals surface area contributed by atoms with Crippen molar-refractivity contribution in [2.75, 3.05) is 13.3 Å². The van der Waals surface area contributed by atoms with Crippen molar-refractivity contribution < 1.29 is 23.0 Å². The Labute approximate surface area is 151 Å². The largest absolute Gasteiger partial charge is 0.454 e. The van der Waals surface area contributed by atoms with Gasteiger partial charge in [0.1, 0.15) is 5.60 Å². The first-order valence-electron chi connectivity index (χ1n) is 7.60. The van der Waals surface area contributed by atoms with E-state index in [2.05, 4.69) is 4.72 Å². The number of hydrogen-bond donors (Lipinski definition) is 2. The molecule has 0 aliphatic carbocycles. The fourth-order valence-corrected chi connectivity index (χ4v) is 4.00. The minimum atomic E-state index is -3.66. The van der Waals surface area contributed by atoms with E-state index in [4.69, 9.17) is 21.1 Å². The van der Waals surface area contributed by atoms with Crippen molar-refractivity contribution in [1.82, 2.24) is 4.72 Å². The van der Waals surface area contributed by atoms with E-state index < -0.39 is 15.6 Å². The predicted molar refractivity (Wildman–Crippen MR) is 94.2 cm³/mol. The third-order valence-electron chi connectivity index (χ3n) is 3.93. The van der Waals surface area contributed by atoms with E-state index in [0.29, 0.717) is 27.6 Å². The maximum Gasteiger partial charge on any atom is 0.231 e. The lowest BCUT2D eigenvalue weighted by molar-refractivity contribution is 0.0625. The third kappa shape index (κ3) is 4.24. The molecule has 0 spiro atoms. The van der Waals surface area contributed by atoms with Crippen molar-refractivity contribution in [3.8, 4) is 11.5 Å². The first-order chi connectivity index (χ1) is 11.8. The number of rotatable bonds is 6. The van der Waals surface area contributed by atoms with E-state index in [0.717, 1.165) is 0 Å². The normalized spacial score (nSPS) is 15.8. The van der Waals surface area contributed by atoms with Crippen molar-refractivity contribution >= 4 is 21.6 Å². The van der Waals surface area contributed by atoms with E-state index in [9.17, 15) is 13.5 Å². The highest BCUT2D eigenvalue weighted by atomic mass is 35.5. The Hall–Kier alpha value is -1.80. The van der Waals surface area contributed by atoms with Gasteiger partial charge in [-0.15, -0.1) is 0 Å². The summed E-state index contributed by atoms with van der Waals surface area (Å²) in [5.74, 6) is 0.861. The van der Waals surface area contributed by atoms with Crippen molar-refractivity contribution in [3.63, 3.8) is 0 Å². The second-order valence-electron chi connectivity index (χ2n) is 6.01. The molecule has 3 rings (SSSR count). The number of hydrogen-bond acceptors (Lipinski definition) is 5. The molecule has 0 aromatic heterocycles. The molecule has 0 saturated carbocycles. The highest BCUT2D eigenvalue weighted by Crippen LogP contribution is 2.35. The van der Waals surface area contributed by atoms with Crippen LogP contribution in [0.25, 0.3) is 0 Å². The van der Waals surface area contributed by atoms with Crippen LogP contribution < -0.4 is 14.2 Å². The highest BCUT2D eigenvalue weighted by Gasteiger charge is 2.28. The number of nitrogens with one attached hydrogen (secondary N) is 1. The van der Waals surface area contributed by atoms with Crippen LogP contribution in [0.2, 0.25) is 5.02 Å². The molecule has 134 valence electrons. The van der Waals surface area contributed by atoms with E-state index >= 15 is 0 Å². The van der Waals surface area contributed by atoms with Crippen LogP contribution in [0.5, 0.6) is 11.5 Å². The van der Waals surface area contributed by atoms with Crippen molar-refractivity contribution in [2.24, 2.45) is 0 Å². The standard InChI is InChI=1S/C17H18ClNO5S/c1-17(20,13-6-7-15-16(8-13)24-11-23-15)10-19-25(21,22)9-12-4-2-3-5-14(12)18/h2-8,19-20H,9-11H2,1H3. The summed E-state index contributed by atoms with van der Waals surface area (Å²) in [5, 5.41) is 11.0. The number of aliphatic hydroxyl groups is 1.